The van der Waals surface area contributed by atoms with Crippen molar-refractivity contribution in [3.63, 3.8) is 0 Å². The highest BCUT2D eigenvalue weighted by Crippen LogP contribution is 2.17. The summed E-state index contributed by atoms with van der Waals surface area (Å²) in [6.45, 7) is 3.41. The molecule has 0 heterocycles. The van der Waals surface area contributed by atoms with E-state index in [0.29, 0.717) is 12.8 Å². The molecule has 0 spiro atoms. The lowest BCUT2D eigenvalue weighted by Gasteiger charge is -2.05. The molecule has 1 N–H and O–H groups in total. The first-order chi connectivity index (χ1) is 20.2. The number of esters is 1. The lowest BCUT2D eigenvalue weighted by atomic mass is 10.0. The Balaban J connectivity index is 3.06. The third kappa shape index (κ3) is 36.7. The highest BCUT2D eigenvalue weighted by atomic mass is 16.5. The molecule has 0 fully saturated rings. The molecule has 0 aliphatic rings. The van der Waals surface area contributed by atoms with Crippen molar-refractivity contribution in [1.82, 2.24) is 0 Å². The number of unbranched alkanes of at least 4 members (excludes halogenated alkanes) is 30. The first kappa shape index (κ1) is 39.7. The van der Waals surface area contributed by atoms with Crippen molar-refractivity contribution < 1.29 is 19.4 Å². The second kappa shape index (κ2) is 34.9. The van der Waals surface area contributed by atoms with Gasteiger partial charge in [0, 0.05) is 12.8 Å². The van der Waals surface area contributed by atoms with Crippen LogP contribution in [0.3, 0.4) is 0 Å². The second-order valence-electron chi connectivity index (χ2n) is 12.5. The van der Waals surface area contributed by atoms with E-state index in [9.17, 15) is 9.59 Å². The Labute approximate surface area is 255 Å². The largest absolute Gasteiger partial charge is 0.481 e. The molecule has 0 aliphatic heterocycles. The molecule has 0 aliphatic carbocycles. The van der Waals surface area contributed by atoms with Gasteiger partial charge in [0.1, 0.15) is 0 Å². The summed E-state index contributed by atoms with van der Waals surface area (Å²) in [7, 11) is 0. The van der Waals surface area contributed by atoms with Gasteiger partial charge in [-0.3, -0.25) is 9.59 Å². The minimum atomic E-state index is -0.654. The molecule has 0 aromatic rings. The summed E-state index contributed by atoms with van der Waals surface area (Å²) < 4.78 is 4.73. The average molecular weight is 579 g/mol. The number of carboxylic acids is 1. The zero-order valence-corrected chi connectivity index (χ0v) is 27.3. The molecule has 0 radical (unpaired) electrons. The number of carbonyl (C=O) groups is 2. The predicted octanol–water partition coefficient (Wildman–Crippen LogP) is 12.6. The molecular weight excluding hydrogens is 508 g/mol. The van der Waals surface area contributed by atoms with Gasteiger partial charge in [0.25, 0.3) is 0 Å². The van der Waals surface area contributed by atoms with Crippen molar-refractivity contribution in [3.05, 3.63) is 12.8 Å². The van der Waals surface area contributed by atoms with Crippen LogP contribution in [-0.2, 0) is 14.3 Å². The van der Waals surface area contributed by atoms with E-state index in [-0.39, 0.29) is 5.97 Å². The number of ether oxygens (including phenoxy) is 1. The van der Waals surface area contributed by atoms with E-state index >= 15 is 0 Å². The summed E-state index contributed by atoms with van der Waals surface area (Å²) in [6, 6.07) is 0. The Bertz CT molecular complexity index is 559. The molecule has 0 saturated carbocycles. The number of hydrogen-bond acceptors (Lipinski definition) is 3. The molecule has 4 nitrogen and oxygen atoms in total. The third-order valence-electron chi connectivity index (χ3n) is 8.49. The van der Waals surface area contributed by atoms with Crippen molar-refractivity contribution in [2.75, 3.05) is 0 Å². The molecular formula is C37H70O4. The van der Waals surface area contributed by atoms with Gasteiger partial charge in [-0.15, -0.1) is 0 Å². The quantitative estimate of drug-likeness (QED) is 0.0461. The average Bonchev–Trinajstić information content (AvgIpc) is 2.95. The standard InChI is InChI=1S/C37H70O4/c1-2-41-37(40)35-33-31-29-27-25-23-21-19-17-15-13-11-9-7-5-3-4-6-8-10-12-14-16-18-20-22-24-26-28-30-32-34-36(38)39/h2H,1,3-35H2,(H,38,39). The molecule has 4 heteroatoms. The highest BCUT2D eigenvalue weighted by Gasteiger charge is 2.01. The predicted molar refractivity (Wildman–Crippen MR) is 176 cm³/mol. The van der Waals surface area contributed by atoms with E-state index in [1.54, 1.807) is 0 Å². The zero-order chi connectivity index (χ0) is 29.9. The minimum Gasteiger partial charge on any atom is -0.481 e. The van der Waals surface area contributed by atoms with Gasteiger partial charge in [-0.1, -0.05) is 193 Å². The summed E-state index contributed by atoms with van der Waals surface area (Å²) >= 11 is 0. The molecule has 0 aromatic heterocycles. The monoisotopic (exact) mass is 579 g/mol. The summed E-state index contributed by atoms with van der Waals surface area (Å²) in [6.07, 6.45) is 43.7. The van der Waals surface area contributed by atoms with Gasteiger partial charge in [0.05, 0.1) is 6.26 Å². The van der Waals surface area contributed by atoms with E-state index in [2.05, 4.69) is 6.58 Å². The Morgan fingerprint density at radius 2 is 0.585 bits per heavy atom. The van der Waals surface area contributed by atoms with Gasteiger partial charge in [-0.2, -0.15) is 0 Å². The molecule has 0 aromatic carbocycles. The van der Waals surface area contributed by atoms with Crippen LogP contribution < -0.4 is 0 Å². The summed E-state index contributed by atoms with van der Waals surface area (Å²) in [5.74, 6) is -0.804. The van der Waals surface area contributed by atoms with Gasteiger partial charge in [-0.05, 0) is 12.8 Å². The summed E-state index contributed by atoms with van der Waals surface area (Å²) in [4.78, 5) is 21.7. The van der Waals surface area contributed by atoms with E-state index in [0.717, 1.165) is 25.7 Å². The zero-order valence-electron chi connectivity index (χ0n) is 27.3. The van der Waals surface area contributed by atoms with Crippen molar-refractivity contribution >= 4 is 11.9 Å². The summed E-state index contributed by atoms with van der Waals surface area (Å²) in [5, 5.41) is 8.63. The fourth-order valence-electron chi connectivity index (χ4n) is 5.82. The maximum Gasteiger partial charge on any atom is 0.310 e. The minimum absolute atomic E-state index is 0.150. The number of hydrogen-bond donors (Lipinski definition) is 1. The summed E-state index contributed by atoms with van der Waals surface area (Å²) in [5.41, 5.74) is 0. The molecule has 0 atom stereocenters. The maximum absolute atomic E-state index is 11.2. The van der Waals surface area contributed by atoms with Crippen molar-refractivity contribution in [3.8, 4) is 0 Å². The van der Waals surface area contributed by atoms with Crippen molar-refractivity contribution in [1.29, 1.82) is 0 Å². The van der Waals surface area contributed by atoms with E-state index < -0.39 is 5.97 Å². The SMILES string of the molecule is C=COC(=O)CCCCCCCCCCCCCCCCCCCCCCCCCCCCCCCCCC(=O)O. The van der Waals surface area contributed by atoms with Gasteiger partial charge in [0.2, 0.25) is 0 Å². The Morgan fingerprint density at radius 3 is 0.780 bits per heavy atom. The molecule has 0 amide bonds. The van der Waals surface area contributed by atoms with Crippen LogP contribution in [-0.4, -0.2) is 17.0 Å². The van der Waals surface area contributed by atoms with Gasteiger partial charge in [-0.25, -0.2) is 0 Å². The molecule has 242 valence electrons. The third-order valence-corrected chi connectivity index (χ3v) is 8.49. The lowest BCUT2D eigenvalue weighted by molar-refractivity contribution is -0.138. The number of rotatable bonds is 35. The van der Waals surface area contributed by atoms with Crippen LogP contribution in [0.4, 0.5) is 0 Å². The first-order valence-corrected chi connectivity index (χ1v) is 18.2. The molecule has 41 heavy (non-hydrogen) atoms. The van der Waals surface area contributed by atoms with Crippen LogP contribution in [0.2, 0.25) is 0 Å². The molecule has 0 unspecified atom stereocenters. The van der Waals surface area contributed by atoms with E-state index in [4.69, 9.17) is 9.84 Å². The van der Waals surface area contributed by atoms with Crippen molar-refractivity contribution in [2.45, 2.75) is 212 Å². The molecule has 0 saturated heterocycles. The Kier molecular flexibility index (Phi) is 33.8. The van der Waals surface area contributed by atoms with Crippen LogP contribution in [0.25, 0.3) is 0 Å². The molecule has 0 bridgehead atoms. The maximum atomic E-state index is 11.2. The van der Waals surface area contributed by atoms with Crippen molar-refractivity contribution in [2.24, 2.45) is 0 Å². The first-order valence-electron chi connectivity index (χ1n) is 18.2. The molecule has 0 rings (SSSR count). The van der Waals surface area contributed by atoms with Gasteiger partial charge >= 0.3 is 11.9 Å². The topological polar surface area (TPSA) is 63.6 Å². The van der Waals surface area contributed by atoms with Gasteiger partial charge < -0.3 is 9.84 Å². The fraction of sp³-hybridized carbons (Fsp3) is 0.892. The van der Waals surface area contributed by atoms with Crippen LogP contribution in [0, 0.1) is 0 Å². The number of aliphatic carboxylic acids is 1. The smallest absolute Gasteiger partial charge is 0.310 e. The van der Waals surface area contributed by atoms with Crippen LogP contribution >= 0.6 is 0 Å². The highest BCUT2D eigenvalue weighted by molar-refractivity contribution is 5.69. The van der Waals surface area contributed by atoms with Crippen LogP contribution in [0.15, 0.2) is 12.8 Å². The van der Waals surface area contributed by atoms with E-state index in [1.807, 2.05) is 0 Å². The second-order valence-corrected chi connectivity index (χ2v) is 12.5. The lowest BCUT2D eigenvalue weighted by Crippen LogP contribution is -1.98. The van der Waals surface area contributed by atoms with Crippen LogP contribution in [0.5, 0.6) is 0 Å². The Hall–Kier alpha value is -1.32. The number of carboxylic acid groups (broad SMARTS) is 1. The fourth-order valence-corrected chi connectivity index (χ4v) is 5.82. The van der Waals surface area contributed by atoms with Crippen LogP contribution in [0.1, 0.15) is 212 Å². The van der Waals surface area contributed by atoms with Gasteiger partial charge in [0.15, 0.2) is 0 Å². The van der Waals surface area contributed by atoms with E-state index in [1.165, 1.54) is 180 Å². The Morgan fingerprint density at radius 1 is 0.390 bits per heavy atom. The normalized spacial score (nSPS) is 11.1. The number of carbonyl (C=O) groups excluding carboxylic acids is 1.